The summed E-state index contributed by atoms with van der Waals surface area (Å²) >= 11 is 0. The van der Waals surface area contributed by atoms with Crippen LogP contribution in [0.25, 0.3) is 33.5 Å². The van der Waals surface area contributed by atoms with Gasteiger partial charge in [-0.2, -0.15) is 0 Å². The van der Waals surface area contributed by atoms with Gasteiger partial charge in [0.05, 0.1) is 28.6 Å². The van der Waals surface area contributed by atoms with Crippen LogP contribution in [0.1, 0.15) is 29.1 Å². The van der Waals surface area contributed by atoms with Gasteiger partial charge in [-0.1, -0.05) is 41.6 Å². The second-order valence-corrected chi connectivity index (χ2v) is 7.39. The summed E-state index contributed by atoms with van der Waals surface area (Å²) in [6, 6.07) is 16.5. The van der Waals surface area contributed by atoms with E-state index in [1.54, 1.807) is 12.3 Å². The molecule has 10 nitrogen and oxygen atoms in total. The number of nitrogens with two attached hydrogens (primary N) is 1. The molecule has 0 aliphatic carbocycles. The van der Waals surface area contributed by atoms with Crippen molar-refractivity contribution in [1.82, 2.24) is 40.7 Å². The highest BCUT2D eigenvalue weighted by Crippen LogP contribution is 2.32. The van der Waals surface area contributed by atoms with Crippen molar-refractivity contribution in [2.24, 2.45) is 0 Å². The molecule has 4 N–H and O–H groups in total. The fraction of sp³-hybridized carbons (Fsp3) is 0.0870. The minimum atomic E-state index is -0.448. The van der Waals surface area contributed by atoms with E-state index in [0.717, 1.165) is 22.2 Å². The highest BCUT2D eigenvalue weighted by atomic mass is 16.2. The molecule has 162 valence electrons. The van der Waals surface area contributed by atoms with Crippen LogP contribution >= 0.6 is 0 Å². The summed E-state index contributed by atoms with van der Waals surface area (Å²) in [5.41, 5.74) is 11.0. The molecule has 0 aliphatic rings. The Labute approximate surface area is 188 Å². The van der Waals surface area contributed by atoms with E-state index in [2.05, 4.69) is 40.7 Å². The lowest BCUT2D eigenvalue weighted by molar-refractivity contribution is 0.0935. The fourth-order valence-corrected chi connectivity index (χ4v) is 3.50. The molecular weight excluding hydrogens is 418 g/mol. The summed E-state index contributed by atoms with van der Waals surface area (Å²) in [6.45, 7) is 1.82. The first-order chi connectivity index (χ1) is 16.1. The number of nitrogens with one attached hydrogen (secondary N) is 2. The van der Waals surface area contributed by atoms with E-state index in [4.69, 9.17) is 5.73 Å². The lowest BCUT2D eigenvalue weighted by Crippen LogP contribution is -2.29. The summed E-state index contributed by atoms with van der Waals surface area (Å²) in [5.74, 6) is -0.412. The maximum atomic E-state index is 13.1. The van der Waals surface area contributed by atoms with E-state index in [9.17, 15) is 4.79 Å². The van der Waals surface area contributed by atoms with Gasteiger partial charge in [0, 0.05) is 17.3 Å². The molecule has 0 saturated heterocycles. The molecule has 0 saturated carbocycles. The Bertz CT molecular complexity index is 1430. The van der Waals surface area contributed by atoms with Crippen molar-refractivity contribution < 1.29 is 4.79 Å². The number of hydrogen-bond acceptors (Lipinski definition) is 8. The standard InChI is InChI=1S/C23H19N9O/c1-13(16-9-10-25-12-26-16)27-23(33)21-22(24)29-19(14-5-3-2-4-6-14)20(28-21)15-7-8-17-18(11-15)31-32-30-17/h2-13H,1H3,(H2,24,29)(H,27,33)(H,30,31,32). The van der Waals surface area contributed by atoms with Crippen molar-refractivity contribution in [3.63, 3.8) is 0 Å². The number of H-pyrrole nitrogens is 1. The third kappa shape index (κ3) is 3.97. The lowest BCUT2D eigenvalue weighted by Gasteiger charge is -2.16. The van der Waals surface area contributed by atoms with Crippen LogP contribution in [0.15, 0.2) is 67.1 Å². The van der Waals surface area contributed by atoms with Crippen LogP contribution in [0.2, 0.25) is 0 Å². The van der Waals surface area contributed by atoms with Gasteiger partial charge in [-0.15, -0.1) is 5.10 Å². The SMILES string of the molecule is CC(NC(=O)c1nc(-c2ccc3nn[nH]c3c2)c(-c2ccccc2)nc1N)c1ccncn1. The topological polar surface area (TPSA) is 148 Å². The van der Waals surface area contributed by atoms with Crippen LogP contribution in [0.3, 0.4) is 0 Å². The van der Waals surface area contributed by atoms with Gasteiger partial charge in [-0.05, 0) is 25.1 Å². The Morgan fingerprint density at radius 1 is 1.03 bits per heavy atom. The van der Waals surface area contributed by atoms with Gasteiger partial charge < -0.3 is 11.1 Å². The van der Waals surface area contributed by atoms with E-state index in [0.29, 0.717) is 17.1 Å². The number of carbonyl (C=O) groups excluding carboxylic acids is 1. The minimum absolute atomic E-state index is 0.0356. The molecule has 2 aromatic carbocycles. The first-order valence-electron chi connectivity index (χ1n) is 10.2. The van der Waals surface area contributed by atoms with E-state index in [1.165, 1.54) is 6.33 Å². The zero-order valence-corrected chi connectivity index (χ0v) is 17.6. The number of benzene rings is 2. The molecule has 5 aromatic rings. The third-order valence-corrected chi connectivity index (χ3v) is 5.18. The predicted molar refractivity (Wildman–Crippen MR) is 123 cm³/mol. The average Bonchev–Trinajstić information content (AvgIpc) is 3.33. The largest absolute Gasteiger partial charge is 0.382 e. The molecule has 10 heteroatoms. The summed E-state index contributed by atoms with van der Waals surface area (Å²) in [4.78, 5) is 30.4. The van der Waals surface area contributed by atoms with Crippen molar-refractivity contribution >= 4 is 22.8 Å². The Morgan fingerprint density at radius 2 is 1.85 bits per heavy atom. The molecule has 33 heavy (non-hydrogen) atoms. The van der Waals surface area contributed by atoms with Crippen LogP contribution in [0.4, 0.5) is 5.82 Å². The van der Waals surface area contributed by atoms with Gasteiger partial charge in [0.1, 0.15) is 11.8 Å². The van der Waals surface area contributed by atoms with E-state index >= 15 is 0 Å². The fourth-order valence-electron chi connectivity index (χ4n) is 3.50. The van der Waals surface area contributed by atoms with Gasteiger partial charge in [0.2, 0.25) is 0 Å². The van der Waals surface area contributed by atoms with Crippen molar-refractivity contribution in [3.05, 3.63) is 78.5 Å². The highest BCUT2D eigenvalue weighted by Gasteiger charge is 2.22. The van der Waals surface area contributed by atoms with Crippen LogP contribution in [-0.4, -0.2) is 41.3 Å². The van der Waals surface area contributed by atoms with Gasteiger partial charge in [-0.3, -0.25) is 9.89 Å². The van der Waals surface area contributed by atoms with Gasteiger partial charge >= 0.3 is 0 Å². The molecule has 3 aromatic heterocycles. The number of nitrogens with zero attached hydrogens (tertiary/aromatic N) is 6. The number of nitrogen functional groups attached to an aromatic ring is 1. The maximum absolute atomic E-state index is 13.1. The van der Waals surface area contributed by atoms with E-state index < -0.39 is 5.91 Å². The molecule has 1 unspecified atom stereocenters. The number of carbonyl (C=O) groups is 1. The second-order valence-electron chi connectivity index (χ2n) is 7.39. The third-order valence-electron chi connectivity index (χ3n) is 5.18. The van der Waals surface area contributed by atoms with E-state index in [1.807, 2.05) is 55.5 Å². The summed E-state index contributed by atoms with van der Waals surface area (Å²) < 4.78 is 0. The number of rotatable bonds is 5. The normalized spacial score (nSPS) is 11.9. The van der Waals surface area contributed by atoms with E-state index in [-0.39, 0.29) is 17.6 Å². The highest BCUT2D eigenvalue weighted by molar-refractivity contribution is 5.98. The van der Waals surface area contributed by atoms with Crippen molar-refractivity contribution in [2.75, 3.05) is 5.73 Å². The average molecular weight is 437 g/mol. The van der Waals surface area contributed by atoms with Gasteiger partial charge in [0.15, 0.2) is 11.5 Å². The van der Waals surface area contributed by atoms with Crippen LogP contribution < -0.4 is 11.1 Å². The summed E-state index contributed by atoms with van der Waals surface area (Å²) in [7, 11) is 0. The Kier molecular flexibility index (Phi) is 5.15. The predicted octanol–water partition coefficient (Wildman–Crippen LogP) is 2.95. The minimum Gasteiger partial charge on any atom is -0.382 e. The van der Waals surface area contributed by atoms with Crippen LogP contribution in [0.5, 0.6) is 0 Å². The summed E-state index contributed by atoms with van der Waals surface area (Å²) in [6.07, 6.45) is 3.05. The zero-order valence-electron chi connectivity index (χ0n) is 17.6. The first-order valence-corrected chi connectivity index (χ1v) is 10.2. The molecule has 0 aliphatic heterocycles. The van der Waals surface area contributed by atoms with Crippen molar-refractivity contribution in [2.45, 2.75) is 13.0 Å². The van der Waals surface area contributed by atoms with Crippen molar-refractivity contribution in [1.29, 1.82) is 0 Å². The molecule has 0 bridgehead atoms. The molecule has 5 rings (SSSR count). The zero-order chi connectivity index (χ0) is 22.8. The molecule has 3 heterocycles. The molecular formula is C23H19N9O. The Morgan fingerprint density at radius 3 is 2.64 bits per heavy atom. The lowest BCUT2D eigenvalue weighted by atomic mass is 10.0. The summed E-state index contributed by atoms with van der Waals surface area (Å²) in [5, 5.41) is 13.6. The molecule has 1 amide bonds. The molecule has 1 atom stereocenters. The monoisotopic (exact) mass is 437 g/mol. The molecule has 0 fully saturated rings. The number of hydrogen-bond donors (Lipinski definition) is 3. The van der Waals surface area contributed by atoms with Gasteiger partial charge in [0.25, 0.3) is 5.91 Å². The number of aromatic amines is 1. The smallest absolute Gasteiger partial charge is 0.274 e. The molecule has 0 spiro atoms. The number of aromatic nitrogens is 7. The second kappa shape index (κ2) is 8.42. The number of fused-ring (bicyclic) bond motifs is 1. The quantitative estimate of drug-likeness (QED) is 0.380. The number of amides is 1. The first kappa shape index (κ1) is 20.2. The molecule has 0 radical (unpaired) electrons. The van der Waals surface area contributed by atoms with Crippen molar-refractivity contribution in [3.8, 4) is 22.5 Å². The van der Waals surface area contributed by atoms with Crippen LogP contribution in [-0.2, 0) is 0 Å². The van der Waals surface area contributed by atoms with Gasteiger partial charge in [-0.25, -0.2) is 19.9 Å². The number of anilines is 1. The maximum Gasteiger partial charge on any atom is 0.274 e. The van der Waals surface area contributed by atoms with Crippen LogP contribution in [0, 0.1) is 0 Å². The Hall–Kier alpha value is -4.73. The Balaban J connectivity index is 1.59.